The Morgan fingerprint density at radius 2 is 2.00 bits per heavy atom. The van der Waals surface area contributed by atoms with Crippen molar-refractivity contribution in [2.75, 3.05) is 13.7 Å². The van der Waals surface area contributed by atoms with E-state index in [1.807, 2.05) is 0 Å². The average molecular weight is 421 g/mol. The first kappa shape index (κ1) is 20.3. The van der Waals surface area contributed by atoms with Gasteiger partial charge in [0.25, 0.3) is 0 Å². The number of rotatable bonds is 7. The minimum atomic E-state index is -0.530. The zero-order valence-electron chi connectivity index (χ0n) is 16.9. The van der Waals surface area contributed by atoms with Gasteiger partial charge in [-0.3, -0.25) is 10.1 Å². The van der Waals surface area contributed by atoms with Crippen molar-refractivity contribution in [2.24, 2.45) is 0 Å². The maximum atomic E-state index is 12.4. The molecule has 0 radical (unpaired) electrons. The Labute approximate surface area is 176 Å². The van der Waals surface area contributed by atoms with Crippen molar-refractivity contribution in [1.29, 1.82) is 0 Å². The van der Waals surface area contributed by atoms with Crippen LogP contribution in [0.3, 0.4) is 0 Å². The third-order valence-electron chi connectivity index (χ3n) is 4.76. The van der Waals surface area contributed by atoms with E-state index in [9.17, 15) is 14.9 Å². The fourth-order valence-corrected chi connectivity index (χ4v) is 3.48. The minimum absolute atomic E-state index is 0.129. The van der Waals surface area contributed by atoms with Crippen molar-refractivity contribution in [3.8, 4) is 11.5 Å². The van der Waals surface area contributed by atoms with Crippen LogP contribution >= 0.6 is 0 Å². The molecular weight excluding hydrogens is 402 g/mol. The number of H-pyrrole nitrogens is 1. The Kier molecular flexibility index (Phi) is 5.50. The summed E-state index contributed by atoms with van der Waals surface area (Å²) in [5.74, 6) is 0.0244. The topological polar surface area (TPSA) is 117 Å². The number of benzene rings is 2. The maximum Gasteiger partial charge on any atom is 0.357 e. The summed E-state index contributed by atoms with van der Waals surface area (Å²) in [5, 5.41) is 12.8. The summed E-state index contributed by atoms with van der Waals surface area (Å²) in [4.78, 5) is 30.7. The van der Waals surface area contributed by atoms with Gasteiger partial charge >= 0.3 is 11.7 Å². The first-order chi connectivity index (χ1) is 15.0. The number of carbonyl (C=O) groups excluding carboxylic acids is 1. The lowest BCUT2D eigenvalue weighted by molar-refractivity contribution is -0.385. The monoisotopic (exact) mass is 421 g/mol. The fourth-order valence-electron chi connectivity index (χ4n) is 3.48. The molecule has 4 rings (SSSR count). The Morgan fingerprint density at radius 3 is 2.74 bits per heavy atom. The lowest BCUT2D eigenvalue weighted by Gasteiger charge is -2.10. The molecule has 0 unspecified atom stereocenters. The van der Waals surface area contributed by atoms with Crippen LogP contribution in [0.15, 0.2) is 48.7 Å². The molecule has 0 amide bonds. The van der Waals surface area contributed by atoms with Crippen LogP contribution in [0.1, 0.15) is 23.0 Å². The van der Waals surface area contributed by atoms with Gasteiger partial charge in [-0.1, -0.05) is 12.1 Å². The number of nitro groups is 1. The highest BCUT2D eigenvalue weighted by atomic mass is 16.6. The Bertz CT molecular complexity index is 1300. The normalized spacial score (nSPS) is 11.0. The molecule has 0 saturated carbocycles. The Morgan fingerprint density at radius 1 is 1.19 bits per heavy atom. The van der Waals surface area contributed by atoms with Gasteiger partial charge in [-0.15, -0.1) is 0 Å². The van der Waals surface area contributed by atoms with Gasteiger partial charge in [0.05, 0.1) is 29.9 Å². The number of nitrogens with one attached hydrogen (secondary N) is 1. The highest BCUT2D eigenvalue weighted by molar-refractivity contribution is 6.11. The molecule has 0 aliphatic rings. The van der Waals surface area contributed by atoms with Crippen LogP contribution in [-0.2, 0) is 16.1 Å². The number of hydrogen-bond donors (Lipinski definition) is 1. The van der Waals surface area contributed by atoms with Crippen molar-refractivity contribution >= 4 is 33.5 Å². The average Bonchev–Trinajstić information content (AvgIpc) is 3.13. The lowest BCUT2D eigenvalue weighted by atomic mass is 10.1. The number of methoxy groups -OCH3 is 1. The van der Waals surface area contributed by atoms with Gasteiger partial charge in [0.1, 0.15) is 5.75 Å². The number of esters is 1. The van der Waals surface area contributed by atoms with E-state index in [2.05, 4.69) is 9.97 Å². The van der Waals surface area contributed by atoms with Crippen molar-refractivity contribution in [1.82, 2.24) is 9.97 Å². The quantitative estimate of drug-likeness (QED) is 0.260. The first-order valence-electron chi connectivity index (χ1n) is 9.54. The van der Waals surface area contributed by atoms with E-state index in [1.165, 1.54) is 19.2 Å². The summed E-state index contributed by atoms with van der Waals surface area (Å²) in [6.07, 6.45) is 1.57. The molecule has 1 N–H and O–H groups in total. The maximum absolute atomic E-state index is 12.4. The molecule has 0 aliphatic heterocycles. The van der Waals surface area contributed by atoms with Crippen LogP contribution in [-0.4, -0.2) is 34.6 Å². The van der Waals surface area contributed by atoms with Gasteiger partial charge < -0.3 is 19.2 Å². The number of hydrogen-bond acceptors (Lipinski definition) is 7. The smallest absolute Gasteiger partial charge is 0.357 e. The van der Waals surface area contributed by atoms with E-state index in [-0.39, 0.29) is 30.3 Å². The molecule has 0 spiro atoms. The zero-order chi connectivity index (χ0) is 22.0. The number of nitro benzene ring substituents is 1. The predicted molar refractivity (Wildman–Crippen MR) is 113 cm³/mol. The summed E-state index contributed by atoms with van der Waals surface area (Å²) in [5.41, 5.74) is 2.16. The Hall–Kier alpha value is -3.98. The highest BCUT2D eigenvalue weighted by Crippen LogP contribution is 2.36. The van der Waals surface area contributed by atoms with Gasteiger partial charge in [-0.25, -0.2) is 9.78 Å². The van der Waals surface area contributed by atoms with E-state index in [0.29, 0.717) is 11.3 Å². The van der Waals surface area contributed by atoms with Crippen LogP contribution in [0.5, 0.6) is 11.5 Å². The molecule has 0 bridgehead atoms. The van der Waals surface area contributed by atoms with E-state index >= 15 is 0 Å². The third-order valence-corrected chi connectivity index (χ3v) is 4.76. The fraction of sp³-hybridized carbons (Fsp3) is 0.182. The molecule has 158 valence electrons. The van der Waals surface area contributed by atoms with Crippen LogP contribution in [0.25, 0.3) is 21.8 Å². The molecule has 0 aliphatic carbocycles. The van der Waals surface area contributed by atoms with Gasteiger partial charge in [-0.05, 0) is 31.2 Å². The molecule has 9 nitrogen and oxygen atoms in total. The van der Waals surface area contributed by atoms with Gasteiger partial charge in [-0.2, -0.15) is 0 Å². The number of ether oxygens (including phenoxy) is 3. The van der Waals surface area contributed by atoms with E-state index in [1.54, 1.807) is 43.5 Å². The molecule has 9 heteroatoms. The van der Waals surface area contributed by atoms with Crippen molar-refractivity contribution in [2.45, 2.75) is 13.5 Å². The standard InChI is InChI=1S/C22H19N3O6/c1-3-30-22(26)21-15(12-29-2)20-14-10-13(8-9-16(14)24-17(20)11-23-21)31-19-7-5-4-6-18(19)25(27)28/h4-11,24H,3,12H2,1-2H3. The number of carbonyl (C=O) groups is 1. The van der Waals surface area contributed by atoms with Gasteiger partial charge in [0.2, 0.25) is 5.75 Å². The largest absolute Gasteiger partial charge is 0.461 e. The van der Waals surface area contributed by atoms with E-state index < -0.39 is 10.9 Å². The number of aromatic nitrogens is 2. The van der Waals surface area contributed by atoms with Crippen LogP contribution in [0, 0.1) is 10.1 Å². The molecular formula is C22H19N3O6. The van der Waals surface area contributed by atoms with Crippen molar-refractivity contribution < 1.29 is 23.9 Å². The molecule has 2 heterocycles. The van der Waals surface area contributed by atoms with Gasteiger partial charge in [0.15, 0.2) is 5.69 Å². The zero-order valence-corrected chi connectivity index (χ0v) is 16.9. The highest BCUT2D eigenvalue weighted by Gasteiger charge is 2.21. The van der Waals surface area contributed by atoms with Crippen LogP contribution in [0.2, 0.25) is 0 Å². The number of nitrogens with zero attached hydrogens (tertiary/aromatic N) is 2. The van der Waals surface area contributed by atoms with Crippen molar-refractivity contribution in [3.63, 3.8) is 0 Å². The molecule has 2 aromatic carbocycles. The number of aromatic amines is 1. The second-order valence-corrected chi connectivity index (χ2v) is 6.69. The SMILES string of the molecule is CCOC(=O)c1ncc2[nH]c3ccc(Oc4ccccc4[N+](=O)[O-])cc3c2c1COC. The summed E-state index contributed by atoms with van der Waals surface area (Å²) < 4.78 is 16.3. The summed E-state index contributed by atoms with van der Waals surface area (Å²) in [6, 6.07) is 11.4. The van der Waals surface area contributed by atoms with E-state index in [0.717, 1.165) is 21.8 Å². The molecule has 0 saturated heterocycles. The predicted octanol–water partition coefficient (Wildman–Crippen LogP) is 4.74. The summed E-state index contributed by atoms with van der Waals surface area (Å²) in [6.45, 7) is 2.11. The summed E-state index contributed by atoms with van der Waals surface area (Å²) in [7, 11) is 1.53. The first-order valence-corrected chi connectivity index (χ1v) is 9.54. The molecule has 0 fully saturated rings. The number of fused-ring (bicyclic) bond motifs is 3. The second kappa shape index (κ2) is 8.41. The number of pyridine rings is 1. The minimum Gasteiger partial charge on any atom is -0.461 e. The molecule has 0 atom stereocenters. The molecule has 31 heavy (non-hydrogen) atoms. The van der Waals surface area contributed by atoms with Crippen molar-refractivity contribution in [3.05, 3.63) is 70.0 Å². The van der Waals surface area contributed by atoms with E-state index in [4.69, 9.17) is 14.2 Å². The molecule has 4 aromatic rings. The summed E-state index contributed by atoms with van der Waals surface area (Å²) >= 11 is 0. The second-order valence-electron chi connectivity index (χ2n) is 6.69. The molecule has 2 aromatic heterocycles. The third kappa shape index (κ3) is 3.78. The van der Waals surface area contributed by atoms with Gasteiger partial charge in [0, 0.05) is 35.0 Å². The Balaban J connectivity index is 1.87. The lowest BCUT2D eigenvalue weighted by Crippen LogP contribution is -2.11. The number of para-hydroxylation sites is 2. The van der Waals surface area contributed by atoms with Crippen LogP contribution < -0.4 is 4.74 Å². The van der Waals surface area contributed by atoms with Crippen LogP contribution in [0.4, 0.5) is 5.69 Å².